The first-order valence-corrected chi connectivity index (χ1v) is 5.39. The molecule has 1 aromatic heterocycles. The topological polar surface area (TPSA) is 12.9 Å². The van der Waals surface area contributed by atoms with Crippen LogP contribution < -0.4 is 0 Å². The Balaban J connectivity index is 0.000000791. The van der Waals surface area contributed by atoms with Gasteiger partial charge in [0.25, 0.3) is 0 Å². The minimum absolute atomic E-state index is 0.334. The first kappa shape index (κ1) is 13.2. The van der Waals surface area contributed by atoms with E-state index >= 15 is 0 Å². The highest BCUT2D eigenvalue weighted by molar-refractivity contribution is 5.15. The van der Waals surface area contributed by atoms with Gasteiger partial charge in [-0.2, -0.15) is 0 Å². The molecule has 0 aromatic carbocycles. The highest BCUT2D eigenvalue weighted by Gasteiger charge is 2.11. The summed E-state index contributed by atoms with van der Waals surface area (Å²) in [6, 6.07) is 4.19. The molecule has 0 saturated carbocycles. The average Bonchev–Trinajstić information content (AvgIpc) is 2.04. The molecule has 0 aliphatic carbocycles. The molecule has 0 atom stereocenters. The van der Waals surface area contributed by atoms with Gasteiger partial charge in [-0.05, 0) is 36.5 Å². The summed E-state index contributed by atoms with van der Waals surface area (Å²) < 4.78 is 0. The monoisotopic (exact) mass is 193 g/mol. The van der Waals surface area contributed by atoms with E-state index < -0.39 is 0 Å². The Morgan fingerprint density at radius 2 is 1.79 bits per heavy atom. The molecule has 80 valence electrons. The van der Waals surface area contributed by atoms with Crippen molar-refractivity contribution in [3.8, 4) is 0 Å². The van der Waals surface area contributed by atoms with Gasteiger partial charge in [0.2, 0.25) is 0 Å². The van der Waals surface area contributed by atoms with Crippen LogP contribution in [-0.4, -0.2) is 4.98 Å². The van der Waals surface area contributed by atoms with Crippen molar-refractivity contribution < 1.29 is 0 Å². The maximum atomic E-state index is 4.32. The van der Waals surface area contributed by atoms with Gasteiger partial charge in [-0.15, -0.1) is 0 Å². The van der Waals surface area contributed by atoms with Gasteiger partial charge in [0, 0.05) is 11.9 Å². The number of aryl methyl sites for hydroxylation is 1. The summed E-state index contributed by atoms with van der Waals surface area (Å²) in [7, 11) is 0. The standard InChI is InChI=1S/C11H17N.C2H6/c1-9-5-6-12-10(7-9)8-11(2,3)4;1-2/h5-7H,8H2,1-4H3;1-2H3. The van der Waals surface area contributed by atoms with Crippen LogP contribution in [-0.2, 0) is 6.42 Å². The smallest absolute Gasteiger partial charge is 0.0411 e. The maximum Gasteiger partial charge on any atom is 0.0411 e. The summed E-state index contributed by atoms with van der Waals surface area (Å²) in [6.07, 6.45) is 2.94. The van der Waals surface area contributed by atoms with E-state index in [1.807, 2.05) is 26.1 Å². The fourth-order valence-electron chi connectivity index (χ4n) is 1.24. The Bertz CT molecular complexity index is 258. The SMILES string of the molecule is CC.Cc1ccnc(CC(C)(C)C)c1. The van der Waals surface area contributed by atoms with Crippen LogP contribution in [0.4, 0.5) is 0 Å². The highest BCUT2D eigenvalue weighted by Crippen LogP contribution is 2.19. The molecule has 0 spiro atoms. The van der Waals surface area contributed by atoms with Crippen LogP contribution in [0.1, 0.15) is 45.9 Å². The Morgan fingerprint density at radius 3 is 2.21 bits per heavy atom. The third-order valence-corrected chi connectivity index (χ3v) is 1.68. The van der Waals surface area contributed by atoms with Crippen LogP contribution in [0.3, 0.4) is 0 Å². The lowest BCUT2D eigenvalue weighted by atomic mass is 9.90. The van der Waals surface area contributed by atoms with Crippen LogP contribution in [0, 0.1) is 12.3 Å². The fourth-order valence-corrected chi connectivity index (χ4v) is 1.24. The van der Waals surface area contributed by atoms with Crippen molar-refractivity contribution in [2.45, 2.75) is 48.0 Å². The van der Waals surface area contributed by atoms with Gasteiger partial charge in [-0.25, -0.2) is 0 Å². The Kier molecular flexibility index (Phi) is 5.44. The van der Waals surface area contributed by atoms with E-state index in [0.29, 0.717) is 5.41 Å². The molecule has 0 aliphatic rings. The number of rotatable bonds is 1. The first-order valence-electron chi connectivity index (χ1n) is 5.39. The van der Waals surface area contributed by atoms with Crippen molar-refractivity contribution in [2.24, 2.45) is 5.41 Å². The van der Waals surface area contributed by atoms with Gasteiger partial charge in [0.1, 0.15) is 0 Å². The van der Waals surface area contributed by atoms with Gasteiger partial charge in [-0.1, -0.05) is 34.6 Å². The number of aromatic nitrogens is 1. The van der Waals surface area contributed by atoms with Crippen molar-refractivity contribution in [2.75, 3.05) is 0 Å². The molecular weight excluding hydrogens is 170 g/mol. The molecule has 0 aliphatic heterocycles. The molecule has 14 heavy (non-hydrogen) atoms. The summed E-state index contributed by atoms with van der Waals surface area (Å²) in [6.45, 7) is 12.8. The van der Waals surface area contributed by atoms with Crippen molar-refractivity contribution >= 4 is 0 Å². The van der Waals surface area contributed by atoms with E-state index in [-0.39, 0.29) is 0 Å². The third kappa shape index (κ3) is 5.74. The average molecular weight is 193 g/mol. The van der Waals surface area contributed by atoms with Crippen molar-refractivity contribution in [3.63, 3.8) is 0 Å². The van der Waals surface area contributed by atoms with Gasteiger partial charge in [-0.3, -0.25) is 4.98 Å². The Morgan fingerprint density at radius 1 is 1.21 bits per heavy atom. The first-order chi connectivity index (χ1) is 6.47. The molecular formula is C13H23N. The summed E-state index contributed by atoms with van der Waals surface area (Å²) in [5.74, 6) is 0. The molecule has 0 radical (unpaired) electrons. The second-order valence-electron chi connectivity index (χ2n) is 4.56. The second kappa shape index (κ2) is 5.79. The van der Waals surface area contributed by atoms with Crippen LogP contribution >= 0.6 is 0 Å². The largest absolute Gasteiger partial charge is 0.261 e. The van der Waals surface area contributed by atoms with Crippen molar-refractivity contribution in [3.05, 3.63) is 29.6 Å². The zero-order chi connectivity index (χ0) is 11.2. The van der Waals surface area contributed by atoms with Crippen LogP contribution in [0.2, 0.25) is 0 Å². The molecule has 0 unspecified atom stereocenters. The van der Waals surface area contributed by atoms with Gasteiger partial charge < -0.3 is 0 Å². The van der Waals surface area contributed by atoms with E-state index in [0.717, 1.165) is 6.42 Å². The molecule has 0 N–H and O–H groups in total. The minimum atomic E-state index is 0.334. The summed E-state index contributed by atoms with van der Waals surface area (Å²) in [4.78, 5) is 4.32. The zero-order valence-electron chi connectivity index (χ0n) is 10.4. The van der Waals surface area contributed by atoms with Crippen molar-refractivity contribution in [1.82, 2.24) is 4.98 Å². The third-order valence-electron chi connectivity index (χ3n) is 1.68. The van der Waals surface area contributed by atoms with Crippen LogP contribution in [0.25, 0.3) is 0 Å². The van der Waals surface area contributed by atoms with E-state index in [1.54, 1.807) is 0 Å². The predicted octanol–water partition coefficient (Wildman–Crippen LogP) is 4.00. The molecule has 0 bridgehead atoms. The predicted molar refractivity (Wildman–Crippen MR) is 63.5 cm³/mol. The molecule has 1 heterocycles. The van der Waals surface area contributed by atoms with E-state index in [9.17, 15) is 0 Å². The molecule has 1 aromatic rings. The van der Waals surface area contributed by atoms with E-state index in [2.05, 4.69) is 38.7 Å². The summed E-state index contributed by atoms with van der Waals surface area (Å²) in [5, 5.41) is 0. The van der Waals surface area contributed by atoms with Gasteiger partial charge >= 0.3 is 0 Å². The lowest BCUT2D eigenvalue weighted by Gasteiger charge is -2.17. The minimum Gasteiger partial charge on any atom is -0.261 e. The molecule has 0 saturated heterocycles. The fraction of sp³-hybridized carbons (Fsp3) is 0.615. The Hall–Kier alpha value is -0.850. The summed E-state index contributed by atoms with van der Waals surface area (Å²) >= 11 is 0. The zero-order valence-corrected chi connectivity index (χ0v) is 10.4. The molecule has 0 amide bonds. The lowest BCUT2D eigenvalue weighted by Crippen LogP contribution is -2.10. The van der Waals surface area contributed by atoms with E-state index in [4.69, 9.17) is 0 Å². The number of pyridine rings is 1. The highest BCUT2D eigenvalue weighted by atomic mass is 14.7. The van der Waals surface area contributed by atoms with Gasteiger partial charge in [0.05, 0.1) is 0 Å². The van der Waals surface area contributed by atoms with Crippen LogP contribution in [0.15, 0.2) is 18.3 Å². The van der Waals surface area contributed by atoms with Crippen molar-refractivity contribution in [1.29, 1.82) is 0 Å². The second-order valence-corrected chi connectivity index (χ2v) is 4.56. The normalized spacial score (nSPS) is 10.4. The molecule has 1 nitrogen and oxygen atoms in total. The number of hydrogen-bond acceptors (Lipinski definition) is 1. The quantitative estimate of drug-likeness (QED) is 0.657. The molecule has 1 heteroatoms. The number of hydrogen-bond donors (Lipinski definition) is 0. The summed E-state index contributed by atoms with van der Waals surface area (Å²) in [5.41, 5.74) is 2.83. The lowest BCUT2D eigenvalue weighted by molar-refractivity contribution is 0.406. The van der Waals surface area contributed by atoms with E-state index in [1.165, 1.54) is 11.3 Å². The molecule has 0 fully saturated rings. The Labute approximate surface area is 88.6 Å². The van der Waals surface area contributed by atoms with Crippen LogP contribution in [0.5, 0.6) is 0 Å². The molecule has 1 rings (SSSR count). The maximum absolute atomic E-state index is 4.32. The number of nitrogens with zero attached hydrogens (tertiary/aromatic N) is 1. The van der Waals surface area contributed by atoms with Gasteiger partial charge in [0.15, 0.2) is 0 Å².